The highest BCUT2D eigenvalue weighted by Crippen LogP contribution is 2.51. The molecule has 1 heteroatoms. The minimum Gasteiger partial charge on any atom is -0.456 e. The predicted octanol–water partition coefficient (Wildman–Crippen LogP) is 11.8. The third-order valence-corrected chi connectivity index (χ3v) is 9.72. The summed E-state index contributed by atoms with van der Waals surface area (Å²) < 4.78 is 6.37. The summed E-state index contributed by atoms with van der Waals surface area (Å²) in [6.45, 7) is 6.81. The van der Waals surface area contributed by atoms with Crippen molar-refractivity contribution in [3.8, 4) is 33.4 Å². The maximum atomic E-state index is 6.37. The molecule has 0 bridgehead atoms. The molecular formula is C42H30O. The molecular weight excluding hydrogens is 520 g/mol. The van der Waals surface area contributed by atoms with Crippen molar-refractivity contribution in [1.29, 1.82) is 0 Å². The molecule has 1 aliphatic rings. The molecule has 0 saturated carbocycles. The van der Waals surface area contributed by atoms with Crippen molar-refractivity contribution in [2.24, 2.45) is 0 Å². The lowest BCUT2D eigenvalue weighted by Gasteiger charge is -2.23. The maximum Gasteiger partial charge on any atom is 0.136 e. The molecule has 0 N–H and O–H groups in total. The largest absolute Gasteiger partial charge is 0.456 e. The fourth-order valence-corrected chi connectivity index (χ4v) is 7.57. The van der Waals surface area contributed by atoms with Crippen LogP contribution in [0.4, 0.5) is 0 Å². The molecule has 1 aromatic heterocycles. The molecule has 8 aromatic rings. The van der Waals surface area contributed by atoms with E-state index in [4.69, 9.17) is 4.42 Å². The molecule has 0 radical (unpaired) electrons. The number of aryl methyl sites for hydroxylation is 1. The average molecular weight is 551 g/mol. The van der Waals surface area contributed by atoms with E-state index in [2.05, 4.69) is 148 Å². The zero-order chi connectivity index (χ0) is 28.9. The fraction of sp³-hybridized carbons (Fsp3) is 0.0952. The van der Waals surface area contributed by atoms with Gasteiger partial charge < -0.3 is 4.42 Å². The number of furan rings is 1. The first-order chi connectivity index (χ1) is 21.0. The van der Waals surface area contributed by atoms with Gasteiger partial charge in [0.25, 0.3) is 0 Å². The van der Waals surface area contributed by atoms with Gasteiger partial charge in [-0.2, -0.15) is 0 Å². The van der Waals surface area contributed by atoms with Crippen LogP contribution in [0.15, 0.2) is 132 Å². The Labute approximate surface area is 251 Å². The number of benzene rings is 7. The molecule has 0 amide bonds. The summed E-state index contributed by atoms with van der Waals surface area (Å²) in [5.74, 6) is 0. The van der Waals surface area contributed by atoms with Gasteiger partial charge >= 0.3 is 0 Å². The highest BCUT2D eigenvalue weighted by Gasteiger charge is 2.36. The minimum absolute atomic E-state index is 0.0494. The Bertz CT molecular complexity index is 2340. The summed E-state index contributed by atoms with van der Waals surface area (Å²) in [6, 6.07) is 46.8. The molecule has 9 rings (SSSR count). The Morgan fingerprint density at radius 2 is 0.953 bits per heavy atom. The Balaban J connectivity index is 1.23. The quantitative estimate of drug-likeness (QED) is 0.199. The summed E-state index contributed by atoms with van der Waals surface area (Å²) in [6.07, 6.45) is 0. The monoisotopic (exact) mass is 550 g/mol. The van der Waals surface area contributed by atoms with E-state index >= 15 is 0 Å². The molecule has 0 saturated heterocycles. The van der Waals surface area contributed by atoms with Gasteiger partial charge in [0.15, 0.2) is 0 Å². The lowest BCUT2D eigenvalue weighted by atomic mass is 9.81. The molecule has 7 aromatic carbocycles. The number of rotatable bonds is 3. The Kier molecular flexibility index (Phi) is 4.94. The van der Waals surface area contributed by atoms with Crippen LogP contribution in [0, 0.1) is 6.92 Å². The number of hydrogen-bond donors (Lipinski definition) is 0. The SMILES string of the molecule is Cc1ccc(-c2c3ccccc3c(-c3ccc(-c4cc5c6c(c4)oc4cccc(c46)C5(C)C)cc3)c3ccccc23)cc1. The van der Waals surface area contributed by atoms with Crippen LogP contribution in [-0.2, 0) is 5.41 Å². The molecule has 0 unspecified atom stereocenters. The Morgan fingerprint density at radius 3 is 1.53 bits per heavy atom. The van der Waals surface area contributed by atoms with E-state index in [9.17, 15) is 0 Å². The summed E-state index contributed by atoms with van der Waals surface area (Å²) >= 11 is 0. The first kappa shape index (κ1) is 24.5. The van der Waals surface area contributed by atoms with Crippen molar-refractivity contribution in [1.82, 2.24) is 0 Å². The summed E-state index contributed by atoms with van der Waals surface area (Å²) in [7, 11) is 0. The van der Waals surface area contributed by atoms with E-state index in [1.165, 1.54) is 82.4 Å². The van der Waals surface area contributed by atoms with E-state index in [0.29, 0.717) is 0 Å². The van der Waals surface area contributed by atoms with Gasteiger partial charge in [0, 0.05) is 16.2 Å². The van der Waals surface area contributed by atoms with Gasteiger partial charge in [-0.1, -0.05) is 129 Å². The van der Waals surface area contributed by atoms with E-state index in [1.807, 2.05) is 0 Å². The minimum atomic E-state index is -0.0494. The van der Waals surface area contributed by atoms with Crippen molar-refractivity contribution in [2.45, 2.75) is 26.2 Å². The number of fused-ring (bicyclic) bond motifs is 2. The molecule has 0 atom stereocenters. The van der Waals surface area contributed by atoms with E-state index < -0.39 is 0 Å². The average Bonchev–Trinajstić information content (AvgIpc) is 3.53. The highest BCUT2D eigenvalue weighted by molar-refractivity contribution is 6.21. The van der Waals surface area contributed by atoms with Crippen LogP contribution in [0.25, 0.3) is 76.9 Å². The van der Waals surface area contributed by atoms with Gasteiger partial charge in [0.2, 0.25) is 0 Å². The molecule has 1 nitrogen and oxygen atoms in total. The van der Waals surface area contributed by atoms with E-state index in [1.54, 1.807) is 0 Å². The van der Waals surface area contributed by atoms with Crippen molar-refractivity contribution in [3.63, 3.8) is 0 Å². The van der Waals surface area contributed by atoms with Gasteiger partial charge in [0.1, 0.15) is 11.2 Å². The van der Waals surface area contributed by atoms with E-state index in [-0.39, 0.29) is 5.41 Å². The molecule has 0 fully saturated rings. The molecule has 1 heterocycles. The molecule has 204 valence electrons. The smallest absolute Gasteiger partial charge is 0.136 e. The fourth-order valence-electron chi connectivity index (χ4n) is 7.57. The Morgan fingerprint density at radius 1 is 0.442 bits per heavy atom. The second kappa shape index (κ2) is 8.69. The lowest BCUT2D eigenvalue weighted by molar-refractivity contribution is 0.642. The normalized spacial score (nSPS) is 13.7. The summed E-state index contributed by atoms with van der Waals surface area (Å²) in [4.78, 5) is 0. The molecule has 1 aliphatic carbocycles. The van der Waals surface area contributed by atoms with Gasteiger partial charge in [-0.15, -0.1) is 0 Å². The van der Waals surface area contributed by atoms with Crippen LogP contribution < -0.4 is 0 Å². The maximum absolute atomic E-state index is 6.37. The summed E-state index contributed by atoms with van der Waals surface area (Å²) in [5.41, 5.74) is 13.4. The topological polar surface area (TPSA) is 13.1 Å². The third kappa shape index (κ3) is 3.40. The van der Waals surface area contributed by atoms with E-state index in [0.717, 1.165) is 11.2 Å². The van der Waals surface area contributed by atoms with Crippen LogP contribution in [0.3, 0.4) is 0 Å². The molecule has 43 heavy (non-hydrogen) atoms. The highest BCUT2D eigenvalue weighted by atomic mass is 16.3. The molecule has 0 aliphatic heterocycles. The van der Waals surface area contributed by atoms with Crippen molar-refractivity contribution < 1.29 is 4.42 Å². The standard InChI is InChI=1S/C42H30O/c1-25-15-17-27(18-16-25)38-30-9-4-6-11-32(30)39(33-12-7-5-10-31(33)38)28-21-19-26(20-22-28)29-23-35-41-37(24-29)43-36-14-8-13-34(40(36)41)42(35,2)3/h4-24H,1-3H3. The van der Waals surface area contributed by atoms with Gasteiger partial charge in [-0.05, 0) is 91.2 Å². The third-order valence-electron chi connectivity index (χ3n) is 9.72. The predicted molar refractivity (Wildman–Crippen MR) is 182 cm³/mol. The lowest BCUT2D eigenvalue weighted by Crippen LogP contribution is -2.15. The zero-order valence-corrected chi connectivity index (χ0v) is 24.5. The summed E-state index contributed by atoms with van der Waals surface area (Å²) in [5, 5.41) is 7.68. The van der Waals surface area contributed by atoms with Crippen molar-refractivity contribution >= 4 is 43.5 Å². The Hall–Kier alpha value is -5.14. The van der Waals surface area contributed by atoms with Gasteiger partial charge in [-0.25, -0.2) is 0 Å². The molecule has 0 spiro atoms. The second-order valence-corrected chi connectivity index (χ2v) is 12.6. The van der Waals surface area contributed by atoms with Gasteiger partial charge in [-0.3, -0.25) is 0 Å². The van der Waals surface area contributed by atoms with Crippen LogP contribution in [0.5, 0.6) is 0 Å². The second-order valence-electron chi connectivity index (χ2n) is 12.6. The van der Waals surface area contributed by atoms with Crippen LogP contribution in [0.2, 0.25) is 0 Å². The first-order valence-electron chi connectivity index (χ1n) is 15.1. The number of hydrogen-bond acceptors (Lipinski definition) is 1. The van der Waals surface area contributed by atoms with Crippen molar-refractivity contribution in [3.05, 3.63) is 144 Å². The van der Waals surface area contributed by atoms with Crippen LogP contribution >= 0.6 is 0 Å². The first-order valence-corrected chi connectivity index (χ1v) is 15.1. The van der Waals surface area contributed by atoms with Crippen LogP contribution in [0.1, 0.15) is 30.5 Å². The van der Waals surface area contributed by atoms with Crippen molar-refractivity contribution in [2.75, 3.05) is 0 Å². The van der Waals surface area contributed by atoms with Gasteiger partial charge in [0.05, 0.1) is 0 Å². The zero-order valence-electron chi connectivity index (χ0n) is 24.5. The van der Waals surface area contributed by atoms with Crippen LogP contribution in [-0.4, -0.2) is 0 Å².